The van der Waals surface area contributed by atoms with E-state index in [-0.39, 0.29) is 6.79 Å². The molecule has 1 aliphatic rings. The van der Waals surface area contributed by atoms with Gasteiger partial charge in [0.1, 0.15) is 12.1 Å². The largest absolute Gasteiger partial charge is 0.493 e. The quantitative estimate of drug-likeness (QED) is 0.328. The Morgan fingerprint density at radius 3 is 2.54 bits per heavy atom. The number of aromatic nitrogens is 4. The Morgan fingerprint density at radius 1 is 0.971 bits per heavy atom. The fraction of sp³-hybridized carbons (Fsp3) is 0.174. The lowest BCUT2D eigenvalue weighted by molar-refractivity contribution is 0.174. The van der Waals surface area contributed by atoms with E-state index in [2.05, 4.69) is 35.9 Å². The molecule has 11 nitrogen and oxygen atoms in total. The first-order valence-corrected chi connectivity index (χ1v) is 10.9. The summed E-state index contributed by atoms with van der Waals surface area (Å²) in [7, 11) is 3.16. The van der Waals surface area contributed by atoms with Gasteiger partial charge in [0.05, 0.1) is 37.8 Å². The molecule has 3 N–H and O–H groups in total. The van der Waals surface area contributed by atoms with E-state index in [0.29, 0.717) is 46.1 Å². The van der Waals surface area contributed by atoms with E-state index >= 15 is 0 Å². The molecule has 0 radical (unpaired) electrons. The number of ether oxygens (including phenoxy) is 4. The number of hydrogen-bond acceptors (Lipinski definition) is 10. The lowest BCUT2D eigenvalue weighted by Gasteiger charge is -2.12. The van der Waals surface area contributed by atoms with E-state index in [1.165, 1.54) is 6.33 Å². The molecule has 2 aromatic heterocycles. The Morgan fingerprint density at radius 2 is 1.74 bits per heavy atom. The third-order valence-corrected chi connectivity index (χ3v) is 5.42. The van der Waals surface area contributed by atoms with E-state index in [1.807, 2.05) is 24.3 Å². The van der Waals surface area contributed by atoms with Crippen LogP contribution in [0.3, 0.4) is 0 Å². The summed E-state index contributed by atoms with van der Waals surface area (Å²) in [5.41, 5.74) is 2.35. The van der Waals surface area contributed by atoms with E-state index < -0.39 is 0 Å². The molecular formula is C23H21N7O4S. The van der Waals surface area contributed by atoms with Gasteiger partial charge in [-0.1, -0.05) is 6.07 Å². The van der Waals surface area contributed by atoms with Crippen LogP contribution in [0.5, 0.6) is 23.0 Å². The van der Waals surface area contributed by atoms with E-state index in [4.69, 9.17) is 31.2 Å². The first-order valence-electron chi connectivity index (χ1n) is 10.5. The normalized spacial score (nSPS) is 11.7. The molecule has 1 aliphatic heterocycles. The Kier molecular flexibility index (Phi) is 6.26. The summed E-state index contributed by atoms with van der Waals surface area (Å²) >= 11 is 5.36. The molecular weight excluding hydrogens is 470 g/mol. The van der Waals surface area contributed by atoms with Crippen LogP contribution in [-0.4, -0.2) is 46.1 Å². The predicted molar refractivity (Wildman–Crippen MR) is 134 cm³/mol. The summed E-state index contributed by atoms with van der Waals surface area (Å²) in [6.07, 6.45) is 4.73. The Labute approximate surface area is 205 Å². The van der Waals surface area contributed by atoms with Crippen LogP contribution in [0, 0.1) is 0 Å². The fourth-order valence-corrected chi connectivity index (χ4v) is 3.62. The minimum absolute atomic E-state index is 0.241. The average molecular weight is 492 g/mol. The molecule has 0 saturated carbocycles. The molecule has 178 valence electrons. The predicted octanol–water partition coefficient (Wildman–Crippen LogP) is 3.40. The van der Waals surface area contributed by atoms with Gasteiger partial charge in [0.25, 0.3) is 0 Å². The second-order valence-corrected chi connectivity index (χ2v) is 7.77. The summed E-state index contributed by atoms with van der Waals surface area (Å²) < 4.78 is 21.5. The number of nitrogens with zero attached hydrogens (tertiary/aromatic N) is 4. The minimum Gasteiger partial charge on any atom is -0.493 e. The Bertz CT molecular complexity index is 1380. The Balaban J connectivity index is 1.22. The van der Waals surface area contributed by atoms with Crippen molar-refractivity contribution in [2.45, 2.75) is 6.54 Å². The lowest BCUT2D eigenvalue weighted by Crippen LogP contribution is -2.28. The summed E-state index contributed by atoms with van der Waals surface area (Å²) in [6, 6.07) is 9.34. The van der Waals surface area contributed by atoms with Gasteiger partial charge in [-0.05, 0) is 36.0 Å². The van der Waals surface area contributed by atoms with Crippen molar-refractivity contribution in [1.29, 1.82) is 0 Å². The van der Waals surface area contributed by atoms with Crippen LogP contribution in [0.2, 0.25) is 0 Å². The highest BCUT2D eigenvalue weighted by molar-refractivity contribution is 7.80. The van der Waals surface area contributed by atoms with Gasteiger partial charge < -0.3 is 34.9 Å². The van der Waals surface area contributed by atoms with Crippen LogP contribution in [0.1, 0.15) is 5.56 Å². The van der Waals surface area contributed by atoms with Gasteiger partial charge in [0.15, 0.2) is 28.1 Å². The zero-order chi connectivity index (χ0) is 24.2. The van der Waals surface area contributed by atoms with Crippen molar-refractivity contribution in [3.05, 3.63) is 54.6 Å². The molecule has 0 amide bonds. The first kappa shape index (κ1) is 22.3. The number of rotatable bonds is 7. The van der Waals surface area contributed by atoms with Crippen molar-refractivity contribution in [2.75, 3.05) is 31.6 Å². The third kappa shape index (κ3) is 4.92. The zero-order valence-electron chi connectivity index (χ0n) is 18.9. The number of anilines is 3. The molecule has 35 heavy (non-hydrogen) atoms. The topological polar surface area (TPSA) is 125 Å². The molecule has 2 aromatic carbocycles. The number of hydrogen-bond donors (Lipinski definition) is 3. The van der Waals surface area contributed by atoms with Gasteiger partial charge in [-0.25, -0.2) is 19.9 Å². The smallest absolute Gasteiger partial charge is 0.231 e. The van der Waals surface area contributed by atoms with Crippen molar-refractivity contribution >= 4 is 45.7 Å². The number of methoxy groups -OCH3 is 2. The highest BCUT2D eigenvalue weighted by Crippen LogP contribution is 2.34. The first-order chi connectivity index (χ1) is 17.1. The number of nitrogens with one attached hydrogen (secondary N) is 3. The summed E-state index contributed by atoms with van der Waals surface area (Å²) in [6.45, 7) is 0.752. The van der Waals surface area contributed by atoms with Crippen molar-refractivity contribution < 1.29 is 18.9 Å². The van der Waals surface area contributed by atoms with Gasteiger partial charge in [0, 0.05) is 18.0 Å². The van der Waals surface area contributed by atoms with Gasteiger partial charge in [-0.3, -0.25) is 0 Å². The van der Waals surface area contributed by atoms with Gasteiger partial charge in [-0.15, -0.1) is 0 Å². The van der Waals surface area contributed by atoms with Crippen molar-refractivity contribution in [3.8, 4) is 23.0 Å². The standard InChI is InChI=1S/C23H21N7O4S/c1-31-18-6-15-16(7-19(18)32-2)27-11-28-21(15)29-14-9-24-22(25-10-14)30-23(35)26-8-13-3-4-17-20(5-13)34-12-33-17/h3-7,9-11H,8,12H2,1-2H3,(H,27,28,29)(H2,24,25,26,30,35). The maximum atomic E-state index is 5.40. The molecule has 0 aliphatic carbocycles. The molecule has 5 rings (SSSR count). The van der Waals surface area contributed by atoms with Crippen LogP contribution in [-0.2, 0) is 6.54 Å². The van der Waals surface area contributed by atoms with Crippen LogP contribution < -0.4 is 34.9 Å². The maximum Gasteiger partial charge on any atom is 0.231 e. The zero-order valence-corrected chi connectivity index (χ0v) is 19.7. The third-order valence-electron chi connectivity index (χ3n) is 5.17. The minimum atomic E-state index is 0.241. The number of thiocarbonyl (C=S) groups is 1. The van der Waals surface area contributed by atoms with Crippen molar-refractivity contribution in [1.82, 2.24) is 25.3 Å². The van der Waals surface area contributed by atoms with Crippen LogP contribution >= 0.6 is 12.2 Å². The molecule has 0 spiro atoms. The molecule has 0 unspecified atom stereocenters. The molecule has 0 atom stereocenters. The Hall–Kier alpha value is -4.45. The van der Waals surface area contributed by atoms with E-state index in [1.54, 1.807) is 32.7 Å². The molecule has 0 fully saturated rings. The molecule has 12 heteroatoms. The van der Waals surface area contributed by atoms with Gasteiger partial charge in [0.2, 0.25) is 12.7 Å². The van der Waals surface area contributed by atoms with Gasteiger partial charge >= 0.3 is 0 Å². The highest BCUT2D eigenvalue weighted by atomic mass is 32.1. The number of fused-ring (bicyclic) bond motifs is 2. The highest BCUT2D eigenvalue weighted by Gasteiger charge is 2.14. The second-order valence-electron chi connectivity index (χ2n) is 7.36. The van der Waals surface area contributed by atoms with Gasteiger partial charge in [-0.2, -0.15) is 0 Å². The average Bonchev–Trinajstić information content (AvgIpc) is 3.36. The van der Waals surface area contributed by atoms with E-state index in [0.717, 1.165) is 22.4 Å². The monoisotopic (exact) mass is 491 g/mol. The molecule has 3 heterocycles. The molecule has 4 aromatic rings. The summed E-state index contributed by atoms with van der Waals surface area (Å²) in [4.78, 5) is 17.3. The van der Waals surface area contributed by atoms with E-state index in [9.17, 15) is 0 Å². The second kappa shape index (κ2) is 9.81. The molecule has 0 bridgehead atoms. The fourth-order valence-electron chi connectivity index (χ4n) is 3.46. The summed E-state index contributed by atoms with van der Waals surface area (Å²) in [5, 5.41) is 10.5. The SMILES string of the molecule is COc1cc2ncnc(Nc3cnc(NC(=S)NCc4ccc5c(c4)OCO5)nc3)c2cc1OC. The summed E-state index contributed by atoms with van der Waals surface area (Å²) in [5.74, 6) is 3.58. The lowest BCUT2D eigenvalue weighted by atomic mass is 10.2. The molecule has 0 saturated heterocycles. The maximum absolute atomic E-state index is 5.40. The van der Waals surface area contributed by atoms with Crippen molar-refractivity contribution in [2.24, 2.45) is 0 Å². The van der Waals surface area contributed by atoms with Crippen LogP contribution in [0.15, 0.2) is 49.1 Å². The number of benzene rings is 2. The van der Waals surface area contributed by atoms with Crippen LogP contribution in [0.4, 0.5) is 17.5 Å². The van der Waals surface area contributed by atoms with Crippen molar-refractivity contribution in [3.63, 3.8) is 0 Å². The van der Waals surface area contributed by atoms with Crippen LogP contribution in [0.25, 0.3) is 10.9 Å².